The average Bonchev–Trinajstić information content (AvgIpc) is 2.96. The molecule has 0 spiro atoms. The minimum Gasteiger partial charge on any atom is -0.460 e. The maximum atomic E-state index is 10.7. The van der Waals surface area contributed by atoms with E-state index in [0.29, 0.717) is 11.3 Å². The third-order valence-electron chi connectivity index (χ3n) is 2.83. The molecule has 0 aliphatic rings. The summed E-state index contributed by atoms with van der Waals surface area (Å²) in [6, 6.07) is 8.98. The number of aliphatic hydroxyl groups is 2. The largest absolute Gasteiger partial charge is 0.460 e. The molecule has 21 heavy (non-hydrogen) atoms. The molecule has 0 aliphatic carbocycles. The molecule has 0 amide bonds. The summed E-state index contributed by atoms with van der Waals surface area (Å²) in [4.78, 5) is 10.2. The molecule has 0 bridgehead atoms. The number of rotatable bonds is 7. The molecule has 0 aliphatic heterocycles. The molecule has 2 N–H and O–H groups in total. The number of aliphatic hydroxyl groups excluding tert-OH is 2. The van der Waals surface area contributed by atoms with Crippen LogP contribution in [0.4, 0.5) is 5.69 Å². The number of hydrogen-bond donors (Lipinski definition) is 2. The van der Waals surface area contributed by atoms with Crippen LogP contribution in [0.2, 0.25) is 0 Å². The van der Waals surface area contributed by atoms with E-state index in [1.54, 1.807) is 18.2 Å². The van der Waals surface area contributed by atoms with Crippen molar-refractivity contribution >= 4 is 5.69 Å². The van der Waals surface area contributed by atoms with Crippen LogP contribution in [0.1, 0.15) is 23.2 Å². The smallest absolute Gasteiger partial charge is 0.269 e. The van der Waals surface area contributed by atoms with Crippen LogP contribution in [0.15, 0.2) is 40.8 Å². The topological polar surface area (TPSA) is 106 Å². The Morgan fingerprint density at radius 3 is 2.86 bits per heavy atom. The highest BCUT2D eigenvalue weighted by Crippen LogP contribution is 2.26. The van der Waals surface area contributed by atoms with E-state index in [0.717, 1.165) is 0 Å². The van der Waals surface area contributed by atoms with Gasteiger partial charge in [0.05, 0.1) is 18.1 Å². The summed E-state index contributed by atoms with van der Waals surface area (Å²) >= 11 is 0. The van der Waals surface area contributed by atoms with E-state index in [-0.39, 0.29) is 31.3 Å². The van der Waals surface area contributed by atoms with Gasteiger partial charge in [0.15, 0.2) is 0 Å². The van der Waals surface area contributed by atoms with Crippen LogP contribution in [-0.4, -0.2) is 28.4 Å². The minimum absolute atomic E-state index is 0.0795. The zero-order chi connectivity index (χ0) is 15.2. The molecule has 0 radical (unpaired) electrons. The standard InChI is InChI=1S/C14H15NO6/c16-6-7-20-9-12-4-5-13(21-12)14(17)10-2-1-3-11(8-10)15(18)19/h1-5,8,14,16-17H,6-7,9H2. The number of nitrogens with zero attached hydrogens (tertiary/aromatic N) is 1. The van der Waals surface area contributed by atoms with Gasteiger partial charge in [-0.15, -0.1) is 0 Å². The summed E-state index contributed by atoms with van der Waals surface area (Å²) < 4.78 is 10.5. The zero-order valence-corrected chi connectivity index (χ0v) is 11.1. The SMILES string of the molecule is O=[N+]([O-])c1cccc(C(O)c2ccc(COCCO)o2)c1. The Hall–Kier alpha value is -2.22. The fourth-order valence-electron chi connectivity index (χ4n) is 1.83. The second kappa shape index (κ2) is 6.98. The second-order valence-corrected chi connectivity index (χ2v) is 4.33. The Morgan fingerprint density at radius 1 is 1.33 bits per heavy atom. The number of ether oxygens (including phenoxy) is 1. The number of benzene rings is 1. The molecule has 7 heteroatoms. The van der Waals surface area contributed by atoms with Gasteiger partial charge in [-0.25, -0.2) is 0 Å². The summed E-state index contributed by atoms with van der Waals surface area (Å²) in [6.07, 6.45) is -1.09. The molecule has 2 rings (SSSR count). The monoisotopic (exact) mass is 293 g/mol. The van der Waals surface area contributed by atoms with Crippen molar-refractivity contribution in [3.05, 3.63) is 63.6 Å². The highest BCUT2D eigenvalue weighted by atomic mass is 16.6. The highest BCUT2D eigenvalue weighted by molar-refractivity contribution is 5.37. The second-order valence-electron chi connectivity index (χ2n) is 4.33. The molecule has 1 aromatic carbocycles. The molecule has 112 valence electrons. The van der Waals surface area contributed by atoms with E-state index in [4.69, 9.17) is 14.3 Å². The lowest BCUT2D eigenvalue weighted by molar-refractivity contribution is -0.385. The van der Waals surface area contributed by atoms with Crippen LogP contribution >= 0.6 is 0 Å². The third-order valence-corrected chi connectivity index (χ3v) is 2.83. The fraction of sp³-hybridized carbons (Fsp3) is 0.286. The van der Waals surface area contributed by atoms with Crippen molar-refractivity contribution in [1.82, 2.24) is 0 Å². The molecule has 1 heterocycles. The van der Waals surface area contributed by atoms with Crippen LogP contribution in [0.25, 0.3) is 0 Å². The van der Waals surface area contributed by atoms with Crippen molar-refractivity contribution in [2.45, 2.75) is 12.7 Å². The Balaban J connectivity index is 2.10. The van der Waals surface area contributed by atoms with E-state index in [1.165, 1.54) is 18.2 Å². The molecule has 7 nitrogen and oxygen atoms in total. The number of hydrogen-bond acceptors (Lipinski definition) is 6. The molecule has 2 aromatic rings. The van der Waals surface area contributed by atoms with E-state index in [1.807, 2.05) is 0 Å². The highest BCUT2D eigenvalue weighted by Gasteiger charge is 2.17. The third kappa shape index (κ3) is 3.88. The number of non-ortho nitro benzene ring substituents is 1. The van der Waals surface area contributed by atoms with Crippen LogP contribution in [-0.2, 0) is 11.3 Å². The molecular formula is C14H15NO6. The number of nitro groups is 1. The lowest BCUT2D eigenvalue weighted by Crippen LogP contribution is -2.00. The normalized spacial score (nSPS) is 12.3. The Morgan fingerprint density at radius 2 is 2.14 bits per heavy atom. The maximum Gasteiger partial charge on any atom is 0.269 e. The van der Waals surface area contributed by atoms with E-state index < -0.39 is 11.0 Å². The number of furan rings is 1. The van der Waals surface area contributed by atoms with Gasteiger partial charge in [-0.1, -0.05) is 12.1 Å². The molecule has 1 aromatic heterocycles. The van der Waals surface area contributed by atoms with Crippen molar-refractivity contribution in [1.29, 1.82) is 0 Å². The van der Waals surface area contributed by atoms with Crippen LogP contribution in [0.3, 0.4) is 0 Å². The van der Waals surface area contributed by atoms with Gasteiger partial charge in [0, 0.05) is 12.1 Å². The lowest BCUT2D eigenvalue weighted by Gasteiger charge is -2.08. The summed E-state index contributed by atoms with van der Waals surface area (Å²) in [5, 5.41) is 29.5. The van der Waals surface area contributed by atoms with Crippen molar-refractivity contribution in [3.8, 4) is 0 Å². The van der Waals surface area contributed by atoms with Crippen molar-refractivity contribution in [2.24, 2.45) is 0 Å². The Bertz CT molecular complexity index is 609. The Kier molecular flexibility index (Phi) is 5.04. The Labute approximate surface area is 120 Å². The van der Waals surface area contributed by atoms with Crippen molar-refractivity contribution < 1.29 is 24.3 Å². The van der Waals surface area contributed by atoms with Crippen LogP contribution in [0, 0.1) is 10.1 Å². The minimum atomic E-state index is -1.09. The van der Waals surface area contributed by atoms with Gasteiger partial charge >= 0.3 is 0 Å². The van der Waals surface area contributed by atoms with Crippen molar-refractivity contribution in [3.63, 3.8) is 0 Å². The summed E-state index contributed by atoms with van der Waals surface area (Å²) in [5.74, 6) is 0.779. The van der Waals surface area contributed by atoms with Crippen LogP contribution in [0.5, 0.6) is 0 Å². The average molecular weight is 293 g/mol. The number of nitro benzene ring substituents is 1. The van der Waals surface area contributed by atoms with Gasteiger partial charge in [-0.05, 0) is 17.7 Å². The predicted molar refractivity (Wildman–Crippen MR) is 72.6 cm³/mol. The van der Waals surface area contributed by atoms with Gasteiger partial charge in [-0.2, -0.15) is 0 Å². The first-order chi connectivity index (χ1) is 10.1. The van der Waals surface area contributed by atoms with Gasteiger partial charge in [0.25, 0.3) is 5.69 Å². The fourth-order valence-corrected chi connectivity index (χ4v) is 1.83. The quantitative estimate of drug-likeness (QED) is 0.458. The maximum absolute atomic E-state index is 10.7. The molecular weight excluding hydrogens is 278 g/mol. The first-order valence-electron chi connectivity index (χ1n) is 6.31. The van der Waals surface area contributed by atoms with Gasteiger partial charge in [0.1, 0.15) is 24.2 Å². The first-order valence-corrected chi connectivity index (χ1v) is 6.31. The molecule has 0 saturated carbocycles. The van der Waals surface area contributed by atoms with E-state index >= 15 is 0 Å². The molecule has 1 unspecified atom stereocenters. The molecule has 1 atom stereocenters. The molecule has 0 fully saturated rings. The van der Waals surface area contributed by atoms with E-state index in [2.05, 4.69) is 0 Å². The molecule has 0 saturated heterocycles. The zero-order valence-electron chi connectivity index (χ0n) is 11.1. The summed E-state index contributed by atoms with van der Waals surface area (Å²) in [7, 11) is 0. The van der Waals surface area contributed by atoms with Gasteiger partial charge in [0.2, 0.25) is 0 Å². The van der Waals surface area contributed by atoms with Crippen LogP contribution < -0.4 is 0 Å². The predicted octanol–water partition coefficient (Wildman–Crippen LogP) is 1.78. The summed E-state index contributed by atoms with van der Waals surface area (Å²) in [6.45, 7) is 0.301. The van der Waals surface area contributed by atoms with Gasteiger partial charge in [-0.3, -0.25) is 10.1 Å². The summed E-state index contributed by atoms with van der Waals surface area (Å²) in [5.41, 5.74) is 0.283. The van der Waals surface area contributed by atoms with Gasteiger partial charge < -0.3 is 19.4 Å². The van der Waals surface area contributed by atoms with E-state index in [9.17, 15) is 15.2 Å². The first kappa shape index (κ1) is 15.2. The van der Waals surface area contributed by atoms with Crippen molar-refractivity contribution in [2.75, 3.05) is 13.2 Å². The lowest BCUT2D eigenvalue weighted by atomic mass is 10.1.